The highest BCUT2D eigenvalue weighted by molar-refractivity contribution is 5.96. The number of nitrogens with one attached hydrogen (secondary N) is 2. The zero-order chi connectivity index (χ0) is 15.5. The van der Waals surface area contributed by atoms with Gasteiger partial charge in [0.2, 0.25) is 5.88 Å². The highest BCUT2D eigenvalue weighted by Crippen LogP contribution is 2.32. The van der Waals surface area contributed by atoms with Crippen molar-refractivity contribution in [2.75, 3.05) is 18.4 Å². The van der Waals surface area contributed by atoms with Crippen molar-refractivity contribution in [2.24, 2.45) is 0 Å². The maximum absolute atomic E-state index is 6.21. The monoisotopic (exact) mass is 311 g/mol. The number of nitrogens with zero attached hydrogens (tertiary/aromatic N) is 1. The first-order valence-electron chi connectivity index (χ1n) is 8.92. The Balaban J connectivity index is 1.61. The summed E-state index contributed by atoms with van der Waals surface area (Å²) in [5.41, 5.74) is 1.21. The van der Waals surface area contributed by atoms with Crippen LogP contribution in [0.25, 0.3) is 10.8 Å². The van der Waals surface area contributed by atoms with E-state index >= 15 is 0 Å². The third-order valence-corrected chi connectivity index (χ3v) is 5.05. The third kappa shape index (κ3) is 3.27. The first-order chi connectivity index (χ1) is 11.4. The molecule has 1 aromatic heterocycles. The van der Waals surface area contributed by atoms with Gasteiger partial charge in [0, 0.05) is 28.7 Å². The molecule has 4 rings (SSSR count). The zero-order valence-electron chi connectivity index (χ0n) is 13.6. The molecule has 1 saturated heterocycles. The van der Waals surface area contributed by atoms with Gasteiger partial charge in [0.15, 0.2) is 0 Å². The predicted molar refractivity (Wildman–Crippen MR) is 94.1 cm³/mol. The smallest absolute Gasteiger partial charge is 0.221 e. The first kappa shape index (κ1) is 14.8. The second-order valence-electron chi connectivity index (χ2n) is 6.71. The molecule has 4 nitrogen and oxygen atoms in total. The molecule has 2 fully saturated rings. The molecule has 1 aliphatic carbocycles. The van der Waals surface area contributed by atoms with E-state index < -0.39 is 0 Å². The normalized spacial score (nSPS) is 20.0. The molecule has 0 radical (unpaired) electrons. The van der Waals surface area contributed by atoms with Crippen molar-refractivity contribution in [3.8, 4) is 5.88 Å². The highest BCUT2D eigenvalue weighted by atomic mass is 16.5. The summed E-state index contributed by atoms with van der Waals surface area (Å²) < 4.78 is 6.21. The number of pyridine rings is 1. The lowest BCUT2D eigenvalue weighted by Crippen LogP contribution is -2.34. The molecule has 2 aliphatic rings. The summed E-state index contributed by atoms with van der Waals surface area (Å²) in [5.74, 6) is 0.782. The van der Waals surface area contributed by atoms with Crippen molar-refractivity contribution in [2.45, 2.75) is 50.7 Å². The van der Waals surface area contributed by atoms with Gasteiger partial charge in [-0.2, -0.15) is 0 Å². The molecule has 0 amide bonds. The average molecular weight is 311 g/mol. The summed E-state index contributed by atoms with van der Waals surface area (Å²) in [7, 11) is 0. The van der Waals surface area contributed by atoms with Gasteiger partial charge in [0.25, 0.3) is 0 Å². The quantitative estimate of drug-likeness (QED) is 0.903. The van der Waals surface area contributed by atoms with Crippen LogP contribution in [0.1, 0.15) is 38.5 Å². The van der Waals surface area contributed by atoms with Gasteiger partial charge in [0.1, 0.15) is 6.10 Å². The van der Waals surface area contributed by atoms with E-state index in [2.05, 4.69) is 39.9 Å². The van der Waals surface area contributed by atoms with E-state index in [4.69, 9.17) is 4.74 Å². The van der Waals surface area contributed by atoms with Gasteiger partial charge in [-0.1, -0.05) is 18.9 Å². The first-order valence-corrected chi connectivity index (χ1v) is 8.92. The van der Waals surface area contributed by atoms with Gasteiger partial charge in [-0.05, 0) is 57.0 Å². The van der Waals surface area contributed by atoms with Gasteiger partial charge >= 0.3 is 0 Å². The minimum Gasteiger partial charge on any atom is -0.474 e. The fourth-order valence-corrected chi connectivity index (χ4v) is 3.76. The van der Waals surface area contributed by atoms with Crippen LogP contribution in [0, 0.1) is 0 Å². The number of hydrogen-bond donors (Lipinski definition) is 2. The number of hydrogen-bond acceptors (Lipinski definition) is 4. The van der Waals surface area contributed by atoms with E-state index in [0.29, 0.717) is 6.04 Å². The Morgan fingerprint density at radius 1 is 1.00 bits per heavy atom. The molecule has 2 N–H and O–H groups in total. The summed E-state index contributed by atoms with van der Waals surface area (Å²) in [6.07, 6.45) is 9.50. The third-order valence-electron chi connectivity index (χ3n) is 5.05. The van der Waals surface area contributed by atoms with Gasteiger partial charge in [-0.3, -0.25) is 0 Å². The lowest BCUT2D eigenvalue weighted by molar-refractivity contribution is 0.158. The second-order valence-corrected chi connectivity index (χ2v) is 6.71. The van der Waals surface area contributed by atoms with E-state index in [9.17, 15) is 0 Å². The second kappa shape index (κ2) is 6.75. The Hall–Kier alpha value is -1.81. The number of aromatic nitrogens is 1. The fraction of sp³-hybridized carbons (Fsp3) is 0.526. The summed E-state index contributed by atoms with van der Waals surface area (Å²) in [6.45, 7) is 2.06. The van der Waals surface area contributed by atoms with Crippen LogP contribution in [0.3, 0.4) is 0 Å². The molecule has 1 aliphatic heterocycles. The average Bonchev–Trinajstić information content (AvgIpc) is 3.10. The molecular weight excluding hydrogens is 286 g/mol. The largest absolute Gasteiger partial charge is 0.474 e. The molecule has 4 heteroatoms. The fourth-order valence-electron chi connectivity index (χ4n) is 3.76. The SMILES string of the molecule is c1cc(NC2CCCC2)c2ccnc(OC3CCNCC3)c2c1. The van der Waals surface area contributed by atoms with Crippen LogP contribution in [0.4, 0.5) is 5.69 Å². The Labute approximate surface area is 137 Å². The van der Waals surface area contributed by atoms with Crippen LogP contribution in [-0.4, -0.2) is 30.2 Å². The standard InChI is InChI=1S/C19H25N3O/c1-2-5-14(4-1)22-18-7-3-6-17-16(18)10-13-21-19(17)23-15-8-11-20-12-9-15/h3,6-7,10,13-15,20,22H,1-2,4-5,8-9,11-12H2. The molecule has 0 bridgehead atoms. The van der Waals surface area contributed by atoms with E-state index in [1.165, 1.54) is 36.8 Å². The number of piperidine rings is 1. The molecule has 2 aromatic rings. The van der Waals surface area contributed by atoms with Crippen molar-refractivity contribution >= 4 is 16.5 Å². The number of fused-ring (bicyclic) bond motifs is 1. The van der Waals surface area contributed by atoms with Crippen LogP contribution in [0.5, 0.6) is 5.88 Å². The molecule has 1 aromatic carbocycles. The Morgan fingerprint density at radius 3 is 2.65 bits per heavy atom. The Kier molecular flexibility index (Phi) is 4.33. The van der Waals surface area contributed by atoms with E-state index in [0.717, 1.165) is 37.2 Å². The molecule has 2 heterocycles. The lowest BCUT2D eigenvalue weighted by atomic mass is 10.1. The Bertz CT molecular complexity index is 661. The van der Waals surface area contributed by atoms with Crippen LogP contribution in [-0.2, 0) is 0 Å². The van der Waals surface area contributed by atoms with Crippen LogP contribution >= 0.6 is 0 Å². The molecule has 23 heavy (non-hydrogen) atoms. The van der Waals surface area contributed by atoms with Crippen LogP contribution < -0.4 is 15.4 Å². The molecule has 0 atom stereocenters. The number of rotatable bonds is 4. The van der Waals surface area contributed by atoms with Crippen molar-refractivity contribution in [3.05, 3.63) is 30.5 Å². The summed E-state index contributed by atoms with van der Waals surface area (Å²) >= 11 is 0. The minimum absolute atomic E-state index is 0.279. The summed E-state index contributed by atoms with van der Waals surface area (Å²) in [4.78, 5) is 4.50. The molecule has 0 spiro atoms. The number of ether oxygens (including phenoxy) is 1. The topological polar surface area (TPSA) is 46.2 Å². The van der Waals surface area contributed by atoms with E-state index in [1.54, 1.807) is 0 Å². The molecule has 122 valence electrons. The summed E-state index contributed by atoms with van der Waals surface area (Å²) in [5, 5.41) is 9.44. The molecule has 1 saturated carbocycles. The van der Waals surface area contributed by atoms with Crippen molar-refractivity contribution in [3.63, 3.8) is 0 Å². The van der Waals surface area contributed by atoms with Gasteiger partial charge in [-0.15, -0.1) is 0 Å². The number of benzene rings is 1. The maximum atomic E-state index is 6.21. The highest BCUT2D eigenvalue weighted by Gasteiger charge is 2.18. The maximum Gasteiger partial charge on any atom is 0.221 e. The van der Waals surface area contributed by atoms with Crippen LogP contribution in [0.2, 0.25) is 0 Å². The predicted octanol–water partition coefficient (Wildman–Crippen LogP) is 3.72. The lowest BCUT2D eigenvalue weighted by Gasteiger charge is -2.24. The van der Waals surface area contributed by atoms with Crippen molar-refractivity contribution in [1.29, 1.82) is 0 Å². The van der Waals surface area contributed by atoms with Crippen LogP contribution in [0.15, 0.2) is 30.5 Å². The van der Waals surface area contributed by atoms with Gasteiger partial charge < -0.3 is 15.4 Å². The molecular formula is C19H25N3O. The summed E-state index contributed by atoms with van der Waals surface area (Å²) in [6, 6.07) is 9.12. The van der Waals surface area contributed by atoms with E-state index in [-0.39, 0.29) is 6.10 Å². The van der Waals surface area contributed by atoms with Gasteiger partial charge in [0.05, 0.1) is 0 Å². The Morgan fingerprint density at radius 2 is 1.83 bits per heavy atom. The van der Waals surface area contributed by atoms with Gasteiger partial charge in [-0.25, -0.2) is 4.98 Å². The van der Waals surface area contributed by atoms with E-state index in [1.807, 2.05) is 6.20 Å². The zero-order valence-corrected chi connectivity index (χ0v) is 13.6. The minimum atomic E-state index is 0.279. The van der Waals surface area contributed by atoms with Crippen molar-refractivity contribution < 1.29 is 4.74 Å². The van der Waals surface area contributed by atoms with Crippen molar-refractivity contribution in [1.82, 2.24) is 10.3 Å². The molecule has 0 unspecified atom stereocenters. The number of anilines is 1.